The van der Waals surface area contributed by atoms with Gasteiger partial charge >= 0.3 is 5.69 Å². The number of aromatic nitrogens is 4. The summed E-state index contributed by atoms with van der Waals surface area (Å²) in [5.41, 5.74) is -0.800. The lowest BCUT2D eigenvalue weighted by Gasteiger charge is -2.16. The van der Waals surface area contributed by atoms with Crippen molar-refractivity contribution >= 4 is 17.1 Å². The van der Waals surface area contributed by atoms with Crippen LogP contribution in [0.5, 0.6) is 0 Å². The van der Waals surface area contributed by atoms with Crippen molar-refractivity contribution in [3.05, 3.63) is 20.8 Å². The summed E-state index contributed by atoms with van der Waals surface area (Å²) in [6, 6.07) is 0. The monoisotopic (exact) mass is 341 g/mol. The SMILES string of the molecule is CC(C)OCC(O)Cn1c(NCCO)nc2c1c(=O)[nH]c(=O)n2C. The van der Waals surface area contributed by atoms with Gasteiger partial charge in [0.15, 0.2) is 11.2 Å². The number of ether oxygens (including phenoxy) is 1. The van der Waals surface area contributed by atoms with Crippen LogP contribution in [0.4, 0.5) is 5.95 Å². The van der Waals surface area contributed by atoms with Crippen molar-refractivity contribution in [2.75, 3.05) is 25.1 Å². The number of aromatic amines is 1. The summed E-state index contributed by atoms with van der Waals surface area (Å²) in [6.07, 6.45) is -0.897. The topological polar surface area (TPSA) is 134 Å². The number of anilines is 1. The van der Waals surface area contributed by atoms with E-state index in [0.29, 0.717) is 0 Å². The molecule has 2 rings (SSSR count). The van der Waals surface area contributed by atoms with Crippen molar-refractivity contribution in [3.63, 3.8) is 0 Å². The van der Waals surface area contributed by atoms with Gasteiger partial charge in [-0.3, -0.25) is 14.3 Å². The fourth-order valence-electron chi connectivity index (χ4n) is 2.28. The van der Waals surface area contributed by atoms with Gasteiger partial charge in [0.2, 0.25) is 5.95 Å². The molecule has 1 atom stereocenters. The number of nitrogens with zero attached hydrogens (tertiary/aromatic N) is 3. The number of H-pyrrole nitrogens is 1. The van der Waals surface area contributed by atoms with Crippen LogP contribution < -0.4 is 16.6 Å². The number of aliphatic hydroxyl groups excluding tert-OH is 2. The highest BCUT2D eigenvalue weighted by molar-refractivity contribution is 5.74. The Balaban J connectivity index is 2.46. The van der Waals surface area contributed by atoms with Gasteiger partial charge in [0.1, 0.15) is 0 Å². The van der Waals surface area contributed by atoms with Crippen LogP contribution in [0.2, 0.25) is 0 Å². The molecule has 134 valence electrons. The lowest BCUT2D eigenvalue weighted by Crippen LogP contribution is -2.31. The Morgan fingerprint density at radius 2 is 2.08 bits per heavy atom. The second-order valence-electron chi connectivity index (χ2n) is 5.72. The molecule has 0 aliphatic rings. The van der Waals surface area contributed by atoms with E-state index in [1.165, 1.54) is 16.2 Å². The molecule has 4 N–H and O–H groups in total. The third-order valence-corrected chi connectivity index (χ3v) is 3.42. The first-order chi connectivity index (χ1) is 11.3. The zero-order valence-electron chi connectivity index (χ0n) is 13.9. The standard InChI is InChI=1S/C14H23N5O5/c1-8(2)24-7-9(21)6-19-10-11(16-13(19)15-4-5-20)18(3)14(23)17-12(10)22/h8-9,20-21H,4-7H2,1-3H3,(H,15,16)(H,17,22,23). The van der Waals surface area contributed by atoms with Gasteiger partial charge in [-0.25, -0.2) is 4.79 Å². The maximum Gasteiger partial charge on any atom is 0.329 e. The van der Waals surface area contributed by atoms with Crippen LogP contribution in [0.1, 0.15) is 13.8 Å². The fourth-order valence-corrected chi connectivity index (χ4v) is 2.28. The zero-order valence-corrected chi connectivity index (χ0v) is 13.9. The van der Waals surface area contributed by atoms with Crippen molar-refractivity contribution in [2.24, 2.45) is 7.05 Å². The van der Waals surface area contributed by atoms with Gasteiger partial charge in [0.05, 0.1) is 32.0 Å². The number of imidazole rings is 1. The molecular weight excluding hydrogens is 318 g/mol. The first kappa shape index (κ1) is 18.2. The summed E-state index contributed by atoms with van der Waals surface area (Å²) in [4.78, 5) is 30.4. The Morgan fingerprint density at radius 1 is 1.38 bits per heavy atom. The van der Waals surface area contributed by atoms with Crippen molar-refractivity contribution in [3.8, 4) is 0 Å². The maximum atomic E-state index is 12.2. The third kappa shape index (κ3) is 3.83. The van der Waals surface area contributed by atoms with Gasteiger partial charge in [0, 0.05) is 13.6 Å². The minimum atomic E-state index is -0.865. The summed E-state index contributed by atoms with van der Waals surface area (Å²) < 4.78 is 8.07. The molecule has 0 amide bonds. The lowest BCUT2D eigenvalue weighted by atomic mass is 10.3. The predicted octanol–water partition coefficient (Wildman–Crippen LogP) is -1.39. The molecule has 0 fully saturated rings. The van der Waals surface area contributed by atoms with E-state index in [2.05, 4.69) is 15.3 Å². The second-order valence-corrected chi connectivity index (χ2v) is 5.72. The molecule has 24 heavy (non-hydrogen) atoms. The van der Waals surface area contributed by atoms with Gasteiger partial charge in [-0.2, -0.15) is 4.98 Å². The minimum Gasteiger partial charge on any atom is -0.395 e. The van der Waals surface area contributed by atoms with E-state index in [0.717, 1.165) is 0 Å². The molecule has 0 saturated heterocycles. The number of aliphatic hydroxyl groups is 2. The van der Waals surface area contributed by atoms with Crippen LogP contribution in [0.3, 0.4) is 0 Å². The van der Waals surface area contributed by atoms with Crippen LogP contribution in [-0.2, 0) is 18.3 Å². The molecule has 0 aliphatic heterocycles. The van der Waals surface area contributed by atoms with Crippen LogP contribution in [0, 0.1) is 0 Å². The van der Waals surface area contributed by atoms with Crippen LogP contribution in [0.25, 0.3) is 11.2 Å². The Morgan fingerprint density at radius 3 is 2.71 bits per heavy atom. The van der Waals surface area contributed by atoms with Gasteiger partial charge in [0.25, 0.3) is 5.56 Å². The van der Waals surface area contributed by atoms with Crippen molar-refractivity contribution in [2.45, 2.75) is 32.6 Å². The number of aryl methyl sites for hydroxylation is 1. The molecule has 2 heterocycles. The fraction of sp³-hybridized carbons (Fsp3) is 0.643. The van der Waals surface area contributed by atoms with E-state index < -0.39 is 17.4 Å². The molecule has 0 saturated carbocycles. The second kappa shape index (κ2) is 7.60. The highest BCUT2D eigenvalue weighted by Gasteiger charge is 2.19. The largest absolute Gasteiger partial charge is 0.395 e. The highest BCUT2D eigenvalue weighted by atomic mass is 16.5. The van der Waals surface area contributed by atoms with Crippen LogP contribution in [-0.4, -0.2) is 61.3 Å². The normalized spacial score (nSPS) is 12.9. The molecule has 0 aliphatic carbocycles. The third-order valence-electron chi connectivity index (χ3n) is 3.42. The summed E-state index contributed by atoms with van der Waals surface area (Å²) in [6.45, 7) is 3.95. The Labute approximate surface area is 137 Å². The predicted molar refractivity (Wildman–Crippen MR) is 88.3 cm³/mol. The van der Waals surface area contributed by atoms with Gasteiger partial charge in [-0.05, 0) is 13.8 Å². The molecule has 1 unspecified atom stereocenters. The summed E-state index contributed by atoms with van der Waals surface area (Å²) in [5.74, 6) is 0.286. The molecule has 0 radical (unpaired) electrons. The molecule has 10 heteroatoms. The summed E-state index contributed by atoms with van der Waals surface area (Å²) >= 11 is 0. The van der Waals surface area contributed by atoms with Gasteiger partial charge in [-0.1, -0.05) is 0 Å². The summed E-state index contributed by atoms with van der Waals surface area (Å²) in [5, 5.41) is 22.0. The van der Waals surface area contributed by atoms with Crippen LogP contribution >= 0.6 is 0 Å². The van der Waals surface area contributed by atoms with Crippen molar-refractivity contribution in [1.82, 2.24) is 19.1 Å². The molecule has 0 aromatic carbocycles. The maximum absolute atomic E-state index is 12.2. The van der Waals surface area contributed by atoms with Gasteiger partial charge in [-0.15, -0.1) is 0 Å². The highest BCUT2D eigenvalue weighted by Crippen LogP contribution is 2.16. The van der Waals surface area contributed by atoms with Crippen molar-refractivity contribution < 1.29 is 14.9 Å². The van der Waals surface area contributed by atoms with E-state index in [4.69, 9.17) is 9.84 Å². The Bertz CT molecular complexity index is 806. The molecular formula is C14H23N5O5. The number of hydrogen-bond acceptors (Lipinski definition) is 7. The molecule has 2 aromatic heterocycles. The Hall–Kier alpha value is -2.17. The van der Waals surface area contributed by atoms with Crippen molar-refractivity contribution in [1.29, 1.82) is 0 Å². The number of hydrogen-bond donors (Lipinski definition) is 4. The van der Waals surface area contributed by atoms with E-state index in [1.807, 2.05) is 13.8 Å². The molecule has 0 bridgehead atoms. The smallest absolute Gasteiger partial charge is 0.329 e. The first-order valence-corrected chi connectivity index (χ1v) is 7.69. The number of fused-ring (bicyclic) bond motifs is 1. The zero-order chi connectivity index (χ0) is 17.9. The molecule has 2 aromatic rings. The number of rotatable bonds is 8. The number of nitrogens with one attached hydrogen (secondary N) is 2. The molecule has 10 nitrogen and oxygen atoms in total. The minimum absolute atomic E-state index is 0.0320. The average molecular weight is 341 g/mol. The van der Waals surface area contributed by atoms with E-state index in [1.54, 1.807) is 0 Å². The van der Waals surface area contributed by atoms with Gasteiger partial charge < -0.3 is 24.8 Å². The Kier molecular flexibility index (Phi) is 5.75. The van der Waals surface area contributed by atoms with E-state index in [-0.39, 0.29) is 49.5 Å². The van der Waals surface area contributed by atoms with E-state index in [9.17, 15) is 14.7 Å². The van der Waals surface area contributed by atoms with E-state index >= 15 is 0 Å². The molecule has 0 spiro atoms. The van der Waals surface area contributed by atoms with Crippen LogP contribution in [0.15, 0.2) is 9.59 Å². The summed E-state index contributed by atoms with van der Waals surface area (Å²) in [7, 11) is 1.49. The lowest BCUT2D eigenvalue weighted by molar-refractivity contribution is -0.000109. The average Bonchev–Trinajstić information content (AvgIpc) is 2.87. The first-order valence-electron chi connectivity index (χ1n) is 7.69. The quantitative estimate of drug-likeness (QED) is 0.464.